The third kappa shape index (κ3) is 6.98. The first-order valence-electron chi connectivity index (χ1n) is 11.3. The van der Waals surface area contributed by atoms with Crippen LogP contribution < -0.4 is 19.4 Å². The minimum Gasteiger partial charge on any atom is -0.491 e. The Bertz CT molecular complexity index is 1050. The molecule has 0 N–H and O–H groups in total. The van der Waals surface area contributed by atoms with Crippen molar-refractivity contribution in [2.75, 3.05) is 44.3 Å². The van der Waals surface area contributed by atoms with Crippen LogP contribution in [0, 0.1) is 0 Å². The molecule has 0 radical (unpaired) electrons. The van der Waals surface area contributed by atoms with Crippen molar-refractivity contribution in [1.82, 2.24) is 4.68 Å². The van der Waals surface area contributed by atoms with Gasteiger partial charge in [0.1, 0.15) is 24.2 Å². The van der Waals surface area contributed by atoms with Gasteiger partial charge in [0.25, 0.3) is 5.17 Å². The zero-order valence-corrected chi connectivity index (χ0v) is 21.7. The zero-order chi connectivity index (χ0) is 24.7. The van der Waals surface area contributed by atoms with Gasteiger partial charge < -0.3 is 24.1 Å². The maximum Gasteiger partial charge on any atom is 0.269 e. The van der Waals surface area contributed by atoms with Gasteiger partial charge in [0.05, 0.1) is 6.54 Å². The van der Waals surface area contributed by atoms with E-state index in [1.165, 1.54) is 5.56 Å². The minimum atomic E-state index is -0.0886. The van der Waals surface area contributed by atoms with Crippen molar-refractivity contribution < 1.29 is 14.2 Å². The lowest BCUT2D eigenvalue weighted by molar-refractivity contribution is 0.0604. The number of anilines is 1. The van der Waals surface area contributed by atoms with Gasteiger partial charge in [0.2, 0.25) is 0 Å². The number of methoxy groups -OCH3 is 1. The van der Waals surface area contributed by atoms with Gasteiger partial charge in [-0.1, -0.05) is 39.0 Å². The van der Waals surface area contributed by atoms with Gasteiger partial charge in [-0.05, 0) is 59.6 Å². The van der Waals surface area contributed by atoms with Crippen LogP contribution in [0.15, 0.2) is 73.1 Å². The fourth-order valence-corrected chi connectivity index (χ4v) is 3.61. The highest BCUT2D eigenvalue weighted by Crippen LogP contribution is 2.26. The van der Waals surface area contributed by atoms with Crippen LogP contribution in [-0.2, 0) is 10.2 Å². The van der Waals surface area contributed by atoms with E-state index in [2.05, 4.69) is 37.9 Å². The summed E-state index contributed by atoms with van der Waals surface area (Å²) in [6.45, 7) is 7.68. The van der Waals surface area contributed by atoms with Crippen LogP contribution in [0.2, 0.25) is 0 Å². The van der Waals surface area contributed by atoms with E-state index in [1.54, 1.807) is 7.11 Å². The van der Waals surface area contributed by atoms with Crippen LogP contribution in [0.5, 0.6) is 11.5 Å². The molecule has 0 aliphatic heterocycles. The predicted octanol–water partition coefficient (Wildman–Crippen LogP) is 5.25. The van der Waals surface area contributed by atoms with Gasteiger partial charge in [0.15, 0.2) is 0 Å². The molecule has 0 fully saturated rings. The molecule has 0 bridgehead atoms. The van der Waals surface area contributed by atoms with Gasteiger partial charge in [-0.2, -0.15) is 0 Å². The molecule has 6 nitrogen and oxygen atoms in total. The number of hydrogen-bond acceptors (Lipinski definition) is 5. The molecule has 3 aromatic rings. The molecule has 0 spiro atoms. The molecule has 0 aliphatic carbocycles. The number of nitrogens with zero attached hydrogens (tertiary/aromatic N) is 3. The fraction of sp³-hybridized carbons (Fsp3) is 0.370. The quantitative estimate of drug-likeness (QED) is 0.389. The summed E-state index contributed by atoms with van der Waals surface area (Å²) < 4.78 is 19.6. The summed E-state index contributed by atoms with van der Waals surface area (Å²) in [5, 5.41) is 2.44. The summed E-state index contributed by atoms with van der Waals surface area (Å²) in [7, 11) is 5.60. The molecular formula is C27H35N3O3S. The van der Waals surface area contributed by atoms with Crippen LogP contribution in [0.25, 0.3) is 0 Å². The van der Waals surface area contributed by atoms with Crippen LogP contribution in [0.1, 0.15) is 26.3 Å². The maximum atomic E-state index is 6.04. The largest absolute Gasteiger partial charge is 0.491 e. The summed E-state index contributed by atoms with van der Waals surface area (Å²) in [6.07, 6.45) is 3.90. The highest BCUT2D eigenvalue weighted by molar-refractivity contribution is 7.80. The second-order valence-electron chi connectivity index (χ2n) is 9.27. The first-order valence-corrected chi connectivity index (χ1v) is 11.7. The Kier molecular flexibility index (Phi) is 8.58. The van der Waals surface area contributed by atoms with E-state index in [0.717, 1.165) is 11.4 Å². The molecule has 2 aromatic carbocycles. The number of rotatable bonds is 9. The van der Waals surface area contributed by atoms with E-state index in [0.29, 0.717) is 24.1 Å². The third-order valence-electron chi connectivity index (χ3n) is 5.62. The number of hydrogen-bond donors (Lipinski definition) is 0. The number of thiocarbonyl (C=S) groups is 1. The maximum absolute atomic E-state index is 6.04. The molecule has 0 amide bonds. The average Bonchev–Trinajstić information content (AvgIpc) is 3.36. The van der Waals surface area contributed by atoms with E-state index in [1.807, 2.05) is 84.6 Å². The van der Waals surface area contributed by atoms with Crippen molar-refractivity contribution in [2.24, 2.45) is 0 Å². The van der Waals surface area contributed by atoms with Crippen molar-refractivity contribution in [3.8, 4) is 11.5 Å². The topological polar surface area (TPSA) is 39.1 Å². The van der Waals surface area contributed by atoms with Crippen molar-refractivity contribution in [3.05, 3.63) is 78.6 Å². The summed E-state index contributed by atoms with van der Waals surface area (Å²) in [5.74, 6) is 1.46. The van der Waals surface area contributed by atoms with E-state index in [4.69, 9.17) is 26.4 Å². The Morgan fingerprint density at radius 1 is 0.971 bits per heavy atom. The van der Waals surface area contributed by atoms with E-state index in [9.17, 15) is 0 Å². The molecule has 3 rings (SSSR count). The van der Waals surface area contributed by atoms with Crippen LogP contribution >= 0.6 is 12.2 Å². The molecule has 0 saturated heterocycles. The SMILES string of the molecule is COC(COc1cccc(N(C)C(=S)Oc2ccc(C(C)(C)C)cc2)c1)CN(C)n1cccc1. The molecule has 1 unspecified atom stereocenters. The lowest BCUT2D eigenvalue weighted by Gasteiger charge is -2.26. The number of likely N-dealkylation sites (N-methyl/N-ethyl adjacent to an activating group) is 1. The van der Waals surface area contributed by atoms with E-state index >= 15 is 0 Å². The molecule has 7 heteroatoms. The second kappa shape index (κ2) is 11.4. The Labute approximate surface area is 208 Å². The Morgan fingerprint density at radius 2 is 1.65 bits per heavy atom. The van der Waals surface area contributed by atoms with Crippen molar-refractivity contribution >= 4 is 23.1 Å². The zero-order valence-electron chi connectivity index (χ0n) is 20.9. The van der Waals surface area contributed by atoms with Gasteiger partial charge in [-0.15, -0.1) is 0 Å². The van der Waals surface area contributed by atoms with E-state index in [-0.39, 0.29) is 11.5 Å². The first kappa shape index (κ1) is 25.6. The van der Waals surface area contributed by atoms with Crippen molar-refractivity contribution in [2.45, 2.75) is 32.3 Å². The molecule has 0 saturated carbocycles. The third-order valence-corrected chi connectivity index (χ3v) is 5.98. The molecule has 1 heterocycles. The van der Waals surface area contributed by atoms with Gasteiger partial charge >= 0.3 is 0 Å². The van der Waals surface area contributed by atoms with Gasteiger partial charge in [0, 0.05) is 45.4 Å². The standard InChI is InChI=1S/C27H35N3O3S/c1-27(2,3)21-12-14-23(15-13-21)33-26(34)29(5)22-10-9-11-24(18-22)32-20-25(31-6)19-28(4)30-16-7-8-17-30/h7-18,25H,19-20H2,1-6H3. The lowest BCUT2D eigenvalue weighted by atomic mass is 9.87. The molecule has 0 aliphatic rings. The van der Waals surface area contributed by atoms with Crippen LogP contribution in [-0.4, -0.2) is 50.3 Å². The monoisotopic (exact) mass is 481 g/mol. The van der Waals surface area contributed by atoms with Crippen molar-refractivity contribution in [1.29, 1.82) is 0 Å². The summed E-state index contributed by atoms with van der Waals surface area (Å²) in [6, 6.07) is 19.8. The van der Waals surface area contributed by atoms with Crippen LogP contribution in [0.4, 0.5) is 5.69 Å². The molecule has 1 atom stereocenters. The Hall–Kier alpha value is -3.03. The van der Waals surface area contributed by atoms with Crippen LogP contribution in [0.3, 0.4) is 0 Å². The van der Waals surface area contributed by atoms with Gasteiger partial charge in [-0.25, -0.2) is 0 Å². The molecule has 1 aromatic heterocycles. The number of benzene rings is 2. The smallest absolute Gasteiger partial charge is 0.269 e. The molecular weight excluding hydrogens is 446 g/mol. The number of aromatic nitrogens is 1. The summed E-state index contributed by atoms with van der Waals surface area (Å²) >= 11 is 5.54. The number of ether oxygens (including phenoxy) is 3. The minimum absolute atomic E-state index is 0.0886. The second-order valence-corrected chi connectivity index (χ2v) is 9.62. The lowest BCUT2D eigenvalue weighted by Crippen LogP contribution is -2.40. The fourth-order valence-electron chi connectivity index (χ4n) is 3.41. The average molecular weight is 482 g/mol. The normalized spacial score (nSPS) is 12.2. The Morgan fingerprint density at radius 3 is 2.26 bits per heavy atom. The highest BCUT2D eigenvalue weighted by Gasteiger charge is 2.16. The van der Waals surface area contributed by atoms with Crippen molar-refractivity contribution in [3.63, 3.8) is 0 Å². The summed E-state index contributed by atoms with van der Waals surface area (Å²) in [5.41, 5.74) is 2.22. The van der Waals surface area contributed by atoms with Gasteiger partial charge in [-0.3, -0.25) is 4.68 Å². The Balaban J connectivity index is 1.57. The first-order chi connectivity index (χ1) is 16.2. The highest BCUT2D eigenvalue weighted by atomic mass is 32.1. The van der Waals surface area contributed by atoms with E-state index < -0.39 is 0 Å². The molecule has 34 heavy (non-hydrogen) atoms. The molecule has 182 valence electrons. The predicted molar refractivity (Wildman–Crippen MR) is 143 cm³/mol. The summed E-state index contributed by atoms with van der Waals surface area (Å²) in [4.78, 5) is 1.83.